The average Bonchev–Trinajstić information content (AvgIpc) is 3.53. The molecule has 10 heteroatoms. The Morgan fingerprint density at radius 2 is 1.87 bits per heavy atom. The highest BCUT2D eigenvalue weighted by molar-refractivity contribution is 5.94. The summed E-state index contributed by atoms with van der Waals surface area (Å²) in [5.41, 5.74) is 0.828. The summed E-state index contributed by atoms with van der Waals surface area (Å²) in [6.45, 7) is 14.1. The minimum Gasteiger partial charge on any atom is -0.497 e. The van der Waals surface area contributed by atoms with Crippen LogP contribution < -0.4 is 10.1 Å². The van der Waals surface area contributed by atoms with E-state index < -0.39 is 29.2 Å². The van der Waals surface area contributed by atoms with Crippen molar-refractivity contribution in [3.63, 3.8) is 0 Å². The maximum Gasteiger partial charge on any atom is 0.408 e. The molecule has 1 unspecified atom stereocenters. The number of aromatic hydroxyl groups is 1. The molecule has 2 N–H and O–H groups in total. The van der Waals surface area contributed by atoms with E-state index in [4.69, 9.17) is 9.47 Å². The van der Waals surface area contributed by atoms with Gasteiger partial charge in [-0.15, -0.1) is 0 Å². The van der Waals surface area contributed by atoms with Gasteiger partial charge in [0.05, 0.1) is 24.2 Å². The summed E-state index contributed by atoms with van der Waals surface area (Å²) >= 11 is 0. The number of hydrogen-bond donors (Lipinski definition) is 2. The number of aromatic nitrogens is 2. The number of nitrogens with zero attached hydrogens (tertiary/aromatic N) is 3. The van der Waals surface area contributed by atoms with Gasteiger partial charge in [-0.2, -0.15) is 0 Å². The number of rotatable bonds is 13. The lowest BCUT2D eigenvalue weighted by Crippen LogP contribution is -2.57. The van der Waals surface area contributed by atoms with Crippen LogP contribution in [0.1, 0.15) is 99.1 Å². The first-order valence-corrected chi connectivity index (χ1v) is 16.6. The number of likely N-dealkylation sites (tertiary alicyclic amines) is 1. The molecule has 2 aromatic rings. The summed E-state index contributed by atoms with van der Waals surface area (Å²) in [7, 11) is 1.59. The molecule has 10 nitrogen and oxygen atoms in total. The maximum absolute atomic E-state index is 13.8. The number of nitrogens with one attached hydrogen (secondary N) is 1. The SMILES string of the molecule is CC[C@@]1(OC(=O)NC(C(=O)N2CC[C@@H](C)[C@H]2C(=O)C(C)C)C(C)(C)C)C[C@H]1CCCCCc1nc2ccc(OC)cc2nc1O. The monoisotopic (exact) mass is 624 g/mol. The third-order valence-electron chi connectivity index (χ3n) is 9.68. The number of hydrogen-bond acceptors (Lipinski definition) is 8. The Balaban J connectivity index is 1.28. The zero-order valence-electron chi connectivity index (χ0n) is 28.3. The summed E-state index contributed by atoms with van der Waals surface area (Å²) in [5.74, 6) is 0.658. The highest BCUT2D eigenvalue weighted by Gasteiger charge is 2.56. The molecule has 0 bridgehead atoms. The van der Waals surface area contributed by atoms with Crippen LogP contribution in [-0.2, 0) is 20.7 Å². The molecule has 0 radical (unpaired) electrons. The molecule has 1 aliphatic carbocycles. The third-order valence-corrected chi connectivity index (χ3v) is 9.68. The lowest BCUT2D eigenvalue weighted by atomic mass is 9.85. The Bertz CT molecular complexity index is 1390. The molecule has 1 aliphatic heterocycles. The molecule has 4 rings (SSSR count). The molecule has 2 aliphatic rings. The molecule has 2 fully saturated rings. The normalized spacial score (nSPS) is 23.7. The van der Waals surface area contributed by atoms with Crippen LogP contribution in [-0.4, -0.2) is 69.1 Å². The van der Waals surface area contributed by atoms with Gasteiger partial charge >= 0.3 is 6.09 Å². The average molecular weight is 625 g/mol. The Morgan fingerprint density at radius 3 is 2.51 bits per heavy atom. The van der Waals surface area contributed by atoms with Crippen molar-refractivity contribution >= 4 is 28.8 Å². The van der Waals surface area contributed by atoms with Crippen molar-refractivity contribution in [2.24, 2.45) is 23.2 Å². The van der Waals surface area contributed by atoms with Crippen LogP contribution >= 0.6 is 0 Å². The molecule has 2 heterocycles. The van der Waals surface area contributed by atoms with Crippen molar-refractivity contribution in [1.82, 2.24) is 20.2 Å². The zero-order chi connectivity index (χ0) is 33.1. The molecule has 0 spiro atoms. The van der Waals surface area contributed by atoms with Gasteiger partial charge in [-0.3, -0.25) is 9.59 Å². The number of unbranched alkanes of at least 4 members (excludes halogenated alkanes) is 2. The number of amides is 2. The van der Waals surface area contributed by atoms with E-state index in [1.807, 2.05) is 60.6 Å². The molecular formula is C35H52N4O6. The molecule has 1 aromatic carbocycles. The van der Waals surface area contributed by atoms with Crippen LogP contribution in [0.3, 0.4) is 0 Å². The minimum absolute atomic E-state index is 0.0457. The second-order valence-corrected chi connectivity index (χ2v) is 14.4. The van der Waals surface area contributed by atoms with Gasteiger partial charge in [-0.05, 0) is 62.0 Å². The smallest absolute Gasteiger partial charge is 0.408 e. The fourth-order valence-corrected chi connectivity index (χ4v) is 6.69. The van der Waals surface area contributed by atoms with Gasteiger partial charge in [0.25, 0.3) is 0 Å². The zero-order valence-corrected chi connectivity index (χ0v) is 28.3. The Kier molecular flexibility index (Phi) is 10.6. The Hall–Kier alpha value is -3.43. The van der Waals surface area contributed by atoms with Gasteiger partial charge in [0.2, 0.25) is 11.8 Å². The first-order valence-electron chi connectivity index (χ1n) is 16.6. The van der Waals surface area contributed by atoms with E-state index in [0.717, 1.165) is 44.0 Å². The number of aryl methyl sites for hydroxylation is 1. The van der Waals surface area contributed by atoms with Gasteiger partial charge in [0.1, 0.15) is 23.1 Å². The highest BCUT2D eigenvalue weighted by Crippen LogP contribution is 2.52. The van der Waals surface area contributed by atoms with E-state index in [-0.39, 0.29) is 35.3 Å². The van der Waals surface area contributed by atoms with Crippen LogP contribution in [0, 0.1) is 23.2 Å². The quantitative estimate of drug-likeness (QED) is 0.251. The van der Waals surface area contributed by atoms with E-state index in [2.05, 4.69) is 15.3 Å². The Labute approximate surface area is 267 Å². The van der Waals surface area contributed by atoms with Crippen molar-refractivity contribution in [2.75, 3.05) is 13.7 Å². The first kappa shape index (κ1) is 34.4. The van der Waals surface area contributed by atoms with E-state index in [1.54, 1.807) is 18.1 Å². The predicted octanol–water partition coefficient (Wildman–Crippen LogP) is 6.22. The second kappa shape index (κ2) is 13.9. The van der Waals surface area contributed by atoms with Gasteiger partial charge in [-0.25, -0.2) is 14.8 Å². The summed E-state index contributed by atoms with van der Waals surface area (Å²) in [6, 6.07) is 4.16. The van der Waals surface area contributed by atoms with Crippen molar-refractivity contribution in [1.29, 1.82) is 0 Å². The molecule has 45 heavy (non-hydrogen) atoms. The van der Waals surface area contributed by atoms with E-state index in [1.165, 1.54) is 0 Å². The van der Waals surface area contributed by atoms with Crippen LogP contribution in [0.25, 0.3) is 11.0 Å². The van der Waals surface area contributed by atoms with Crippen LogP contribution in [0.4, 0.5) is 4.79 Å². The van der Waals surface area contributed by atoms with Gasteiger partial charge in [0, 0.05) is 24.4 Å². The van der Waals surface area contributed by atoms with Crippen molar-refractivity contribution in [3.8, 4) is 11.6 Å². The molecule has 248 valence electrons. The largest absolute Gasteiger partial charge is 0.497 e. The minimum atomic E-state index is -0.805. The number of carbonyl (C=O) groups is 3. The highest BCUT2D eigenvalue weighted by atomic mass is 16.6. The van der Waals surface area contributed by atoms with Crippen molar-refractivity contribution in [3.05, 3.63) is 23.9 Å². The number of fused-ring (bicyclic) bond motifs is 1. The number of carbonyl (C=O) groups excluding carboxylic acids is 3. The van der Waals surface area contributed by atoms with Crippen LogP contribution in [0.15, 0.2) is 18.2 Å². The van der Waals surface area contributed by atoms with Crippen molar-refractivity contribution < 1.29 is 29.0 Å². The second-order valence-electron chi connectivity index (χ2n) is 14.4. The van der Waals surface area contributed by atoms with Crippen molar-refractivity contribution in [2.45, 2.75) is 118 Å². The molecule has 2 amide bonds. The summed E-state index contributed by atoms with van der Waals surface area (Å²) < 4.78 is 11.3. The van der Waals surface area contributed by atoms with E-state index >= 15 is 0 Å². The Morgan fingerprint density at radius 1 is 1.13 bits per heavy atom. The van der Waals surface area contributed by atoms with E-state index in [9.17, 15) is 19.5 Å². The fraction of sp³-hybridized carbons (Fsp3) is 0.686. The number of ether oxygens (including phenoxy) is 2. The topological polar surface area (TPSA) is 131 Å². The number of methoxy groups -OCH3 is 1. The van der Waals surface area contributed by atoms with Gasteiger partial charge in [0.15, 0.2) is 5.78 Å². The molecule has 1 saturated heterocycles. The predicted molar refractivity (Wildman–Crippen MR) is 173 cm³/mol. The number of Topliss-reactive ketones (excluding diaryl/α,β-unsaturated/α-hetero) is 1. The molecule has 1 saturated carbocycles. The molecule has 5 atom stereocenters. The number of alkyl carbamates (subject to hydrolysis) is 1. The molecule has 1 aromatic heterocycles. The van der Waals surface area contributed by atoms with E-state index in [0.29, 0.717) is 36.3 Å². The first-order chi connectivity index (χ1) is 21.2. The number of benzene rings is 1. The van der Waals surface area contributed by atoms with Crippen LogP contribution in [0.2, 0.25) is 0 Å². The van der Waals surface area contributed by atoms with Gasteiger partial charge in [-0.1, -0.05) is 61.3 Å². The summed E-state index contributed by atoms with van der Waals surface area (Å²) in [4.78, 5) is 50.6. The third kappa shape index (κ3) is 7.87. The number of ketones is 1. The summed E-state index contributed by atoms with van der Waals surface area (Å²) in [6.07, 6.45) is 6.06. The maximum atomic E-state index is 13.8. The summed E-state index contributed by atoms with van der Waals surface area (Å²) in [5, 5.41) is 13.3. The van der Waals surface area contributed by atoms with Gasteiger partial charge < -0.3 is 24.8 Å². The molecular weight excluding hydrogens is 572 g/mol. The fourth-order valence-electron chi connectivity index (χ4n) is 6.69. The lowest BCUT2D eigenvalue weighted by Gasteiger charge is -2.36. The standard InChI is InChI=1S/C35H52N4O6/c1-9-35(20-23(35)13-11-10-12-14-26-31(41)37-27-19-24(44-8)15-16-25(27)36-26)45-33(43)38-30(34(5,6)7)32(42)39-18-17-22(4)28(39)29(40)21(2)3/h15-16,19,21-23,28,30H,9-14,17-18,20H2,1-8H3,(H,37,41)(H,38,43)/t22-,23-,28+,30?,35-/m1/s1. The lowest BCUT2D eigenvalue weighted by molar-refractivity contribution is -0.143. The van der Waals surface area contributed by atoms with Crippen LogP contribution in [0.5, 0.6) is 11.6 Å².